The number of hydrogen-bond donors (Lipinski definition) is 1. The molecule has 112 valence electrons. The van der Waals surface area contributed by atoms with Crippen molar-refractivity contribution in [2.24, 2.45) is 17.8 Å². The highest BCUT2D eigenvalue weighted by molar-refractivity contribution is 4.89. The lowest BCUT2D eigenvalue weighted by atomic mass is 9.72. The zero-order valence-electron chi connectivity index (χ0n) is 13.2. The minimum atomic E-state index is 0.397. The van der Waals surface area contributed by atoms with Crippen molar-refractivity contribution in [2.45, 2.75) is 52.2 Å². The van der Waals surface area contributed by atoms with Gasteiger partial charge in [0.05, 0.1) is 6.10 Å². The molecule has 1 heterocycles. The SMILES string of the molecule is CNC1CC(C)CC(C)C1CN1CCCOC(C)C1. The molecule has 2 aliphatic rings. The fourth-order valence-electron chi connectivity index (χ4n) is 4.09. The van der Waals surface area contributed by atoms with Crippen molar-refractivity contribution in [3.8, 4) is 0 Å². The molecule has 1 N–H and O–H groups in total. The van der Waals surface area contributed by atoms with Gasteiger partial charge in [0, 0.05) is 32.3 Å². The number of nitrogens with zero attached hydrogens (tertiary/aromatic N) is 1. The Kier molecular flexibility index (Phi) is 5.67. The summed E-state index contributed by atoms with van der Waals surface area (Å²) in [4.78, 5) is 2.64. The van der Waals surface area contributed by atoms with Crippen LogP contribution in [0.1, 0.15) is 40.0 Å². The molecule has 0 aromatic rings. The van der Waals surface area contributed by atoms with E-state index in [4.69, 9.17) is 4.74 Å². The lowest BCUT2D eigenvalue weighted by molar-refractivity contribution is 0.0555. The Morgan fingerprint density at radius 2 is 2.00 bits per heavy atom. The first kappa shape index (κ1) is 15.3. The topological polar surface area (TPSA) is 24.5 Å². The molecular formula is C16H32N2O. The van der Waals surface area contributed by atoms with Gasteiger partial charge in [0.2, 0.25) is 0 Å². The average Bonchev–Trinajstić information content (AvgIpc) is 2.56. The molecule has 0 spiro atoms. The molecule has 1 saturated heterocycles. The molecular weight excluding hydrogens is 236 g/mol. The fourth-order valence-corrected chi connectivity index (χ4v) is 4.09. The summed E-state index contributed by atoms with van der Waals surface area (Å²) >= 11 is 0. The summed E-state index contributed by atoms with van der Waals surface area (Å²) < 4.78 is 5.76. The standard InChI is InChI=1S/C16H32N2O/c1-12-8-13(2)15(16(9-12)17-4)11-18-6-5-7-19-14(3)10-18/h12-17H,5-11H2,1-4H3. The van der Waals surface area contributed by atoms with Crippen molar-refractivity contribution in [1.29, 1.82) is 0 Å². The van der Waals surface area contributed by atoms with E-state index >= 15 is 0 Å². The first-order valence-corrected chi connectivity index (χ1v) is 8.11. The van der Waals surface area contributed by atoms with E-state index < -0.39 is 0 Å². The Bertz CT molecular complexity index is 271. The van der Waals surface area contributed by atoms with E-state index in [0.717, 1.165) is 30.9 Å². The van der Waals surface area contributed by atoms with Crippen LogP contribution in [-0.4, -0.2) is 50.3 Å². The van der Waals surface area contributed by atoms with Crippen molar-refractivity contribution in [3.63, 3.8) is 0 Å². The molecule has 0 amide bonds. The van der Waals surface area contributed by atoms with E-state index in [1.807, 2.05) is 0 Å². The van der Waals surface area contributed by atoms with E-state index in [1.165, 1.54) is 32.4 Å². The van der Waals surface area contributed by atoms with Crippen LogP contribution in [0, 0.1) is 17.8 Å². The average molecular weight is 268 g/mol. The molecule has 19 heavy (non-hydrogen) atoms. The van der Waals surface area contributed by atoms with Crippen LogP contribution in [0.5, 0.6) is 0 Å². The van der Waals surface area contributed by atoms with Crippen LogP contribution < -0.4 is 5.32 Å². The maximum atomic E-state index is 5.76. The molecule has 3 heteroatoms. The molecule has 5 unspecified atom stereocenters. The third-order valence-electron chi connectivity index (χ3n) is 5.05. The summed E-state index contributed by atoms with van der Waals surface area (Å²) in [5.74, 6) is 2.50. The minimum Gasteiger partial charge on any atom is -0.377 e. The molecule has 3 nitrogen and oxygen atoms in total. The van der Waals surface area contributed by atoms with Gasteiger partial charge in [0.15, 0.2) is 0 Å². The number of hydrogen-bond acceptors (Lipinski definition) is 3. The monoisotopic (exact) mass is 268 g/mol. The van der Waals surface area contributed by atoms with Gasteiger partial charge in [-0.15, -0.1) is 0 Å². The minimum absolute atomic E-state index is 0.397. The summed E-state index contributed by atoms with van der Waals surface area (Å²) in [5, 5.41) is 3.57. The second-order valence-corrected chi connectivity index (χ2v) is 6.91. The maximum Gasteiger partial charge on any atom is 0.0673 e. The van der Waals surface area contributed by atoms with E-state index in [0.29, 0.717) is 12.1 Å². The van der Waals surface area contributed by atoms with Crippen LogP contribution in [0.4, 0.5) is 0 Å². The van der Waals surface area contributed by atoms with Crippen LogP contribution in [0.2, 0.25) is 0 Å². The van der Waals surface area contributed by atoms with Gasteiger partial charge >= 0.3 is 0 Å². The Morgan fingerprint density at radius 1 is 1.21 bits per heavy atom. The molecule has 1 saturated carbocycles. The number of rotatable bonds is 3. The zero-order valence-corrected chi connectivity index (χ0v) is 13.2. The quantitative estimate of drug-likeness (QED) is 0.850. The highest BCUT2D eigenvalue weighted by Gasteiger charge is 2.34. The van der Waals surface area contributed by atoms with E-state index in [1.54, 1.807) is 0 Å². The Labute approximate surface area is 119 Å². The summed E-state index contributed by atoms with van der Waals surface area (Å²) in [6.45, 7) is 11.5. The van der Waals surface area contributed by atoms with Gasteiger partial charge in [-0.2, -0.15) is 0 Å². The highest BCUT2D eigenvalue weighted by atomic mass is 16.5. The molecule has 5 atom stereocenters. The second kappa shape index (κ2) is 7.05. The van der Waals surface area contributed by atoms with Gasteiger partial charge < -0.3 is 15.0 Å². The van der Waals surface area contributed by atoms with Crippen LogP contribution in [0.15, 0.2) is 0 Å². The van der Waals surface area contributed by atoms with Crippen molar-refractivity contribution in [3.05, 3.63) is 0 Å². The van der Waals surface area contributed by atoms with Crippen LogP contribution in [0.25, 0.3) is 0 Å². The Hall–Kier alpha value is -0.120. The normalized spacial score (nSPS) is 42.0. The van der Waals surface area contributed by atoms with Gasteiger partial charge in [-0.1, -0.05) is 13.8 Å². The highest BCUT2D eigenvalue weighted by Crippen LogP contribution is 2.34. The van der Waals surface area contributed by atoms with Crippen molar-refractivity contribution >= 4 is 0 Å². The molecule has 2 rings (SSSR count). The van der Waals surface area contributed by atoms with Gasteiger partial charge in [-0.25, -0.2) is 0 Å². The van der Waals surface area contributed by atoms with Crippen LogP contribution >= 0.6 is 0 Å². The first-order chi connectivity index (χ1) is 9.10. The predicted molar refractivity (Wildman–Crippen MR) is 80.4 cm³/mol. The van der Waals surface area contributed by atoms with E-state index in [2.05, 4.69) is 38.0 Å². The van der Waals surface area contributed by atoms with E-state index in [-0.39, 0.29) is 0 Å². The Morgan fingerprint density at radius 3 is 2.74 bits per heavy atom. The van der Waals surface area contributed by atoms with Crippen LogP contribution in [0.3, 0.4) is 0 Å². The van der Waals surface area contributed by atoms with Gasteiger partial charge in [0.1, 0.15) is 0 Å². The summed E-state index contributed by atoms with van der Waals surface area (Å²) in [7, 11) is 2.14. The smallest absolute Gasteiger partial charge is 0.0673 e. The fraction of sp³-hybridized carbons (Fsp3) is 1.00. The van der Waals surface area contributed by atoms with Crippen molar-refractivity contribution < 1.29 is 4.74 Å². The Balaban J connectivity index is 1.94. The summed E-state index contributed by atoms with van der Waals surface area (Å²) in [5.41, 5.74) is 0. The third-order valence-corrected chi connectivity index (χ3v) is 5.05. The molecule has 1 aliphatic carbocycles. The molecule has 0 aromatic heterocycles. The lowest BCUT2D eigenvalue weighted by Crippen LogP contribution is -2.48. The third kappa shape index (κ3) is 4.17. The largest absolute Gasteiger partial charge is 0.377 e. The van der Waals surface area contributed by atoms with E-state index in [9.17, 15) is 0 Å². The molecule has 2 fully saturated rings. The maximum absolute atomic E-state index is 5.76. The zero-order chi connectivity index (χ0) is 13.8. The van der Waals surface area contributed by atoms with Crippen molar-refractivity contribution in [1.82, 2.24) is 10.2 Å². The molecule has 1 aliphatic heterocycles. The predicted octanol–water partition coefficient (Wildman–Crippen LogP) is 2.37. The van der Waals surface area contributed by atoms with Gasteiger partial charge in [0.25, 0.3) is 0 Å². The summed E-state index contributed by atoms with van der Waals surface area (Å²) in [6.07, 6.45) is 4.31. The lowest BCUT2D eigenvalue weighted by Gasteiger charge is -2.42. The number of nitrogens with one attached hydrogen (secondary N) is 1. The summed E-state index contributed by atoms with van der Waals surface area (Å²) in [6, 6.07) is 0.693. The first-order valence-electron chi connectivity index (χ1n) is 8.11. The molecule has 0 bridgehead atoms. The van der Waals surface area contributed by atoms with Gasteiger partial charge in [-0.3, -0.25) is 0 Å². The molecule has 0 aromatic carbocycles. The van der Waals surface area contributed by atoms with Crippen LogP contribution in [-0.2, 0) is 4.74 Å². The second-order valence-electron chi connectivity index (χ2n) is 6.91. The van der Waals surface area contributed by atoms with Crippen molar-refractivity contribution in [2.75, 3.05) is 33.3 Å². The number of ether oxygens (including phenoxy) is 1. The van der Waals surface area contributed by atoms with Gasteiger partial charge in [-0.05, 0) is 51.0 Å². The molecule has 0 radical (unpaired) electrons.